The van der Waals surface area contributed by atoms with Gasteiger partial charge in [-0.25, -0.2) is 9.97 Å². The molecular weight excluding hydrogens is 186 g/mol. The van der Waals surface area contributed by atoms with E-state index in [1.165, 1.54) is 0 Å². The zero-order valence-electron chi connectivity index (χ0n) is 6.92. The van der Waals surface area contributed by atoms with Crippen molar-refractivity contribution < 1.29 is 5.11 Å². The van der Waals surface area contributed by atoms with Gasteiger partial charge in [0.05, 0.1) is 36.4 Å². The molecule has 2 aromatic rings. The average Bonchev–Trinajstić information content (AvgIpc) is 2.76. The molecule has 0 aromatic carbocycles. The molecule has 5 heteroatoms. The van der Waals surface area contributed by atoms with Crippen LogP contribution in [0.2, 0.25) is 0 Å². The third-order valence-electron chi connectivity index (χ3n) is 1.68. The van der Waals surface area contributed by atoms with Crippen molar-refractivity contribution in [3.8, 4) is 0 Å². The summed E-state index contributed by atoms with van der Waals surface area (Å²) in [6.07, 6.45) is 3.52. The Morgan fingerprint density at radius 3 is 2.92 bits per heavy atom. The maximum atomic E-state index is 8.79. The minimum Gasteiger partial charge on any atom is -0.390 e. The summed E-state index contributed by atoms with van der Waals surface area (Å²) in [5.74, 6) is 0. The van der Waals surface area contributed by atoms with E-state index in [9.17, 15) is 0 Å². The summed E-state index contributed by atoms with van der Waals surface area (Å²) in [4.78, 5) is 8.16. The van der Waals surface area contributed by atoms with E-state index in [1.54, 1.807) is 23.2 Å². The molecule has 0 radical (unpaired) electrons. The average molecular weight is 195 g/mol. The van der Waals surface area contributed by atoms with E-state index in [2.05, 4.69) is 9.97 Å². The van der Waals surface area contributed by atoms with Crippen molar-refractivity contribution in [1.29, 1.82) is 0 Å². The highest BCUT2D eigenvalue weighted by Crippen LogP contribution is 2.04. The molecule has 0 bridgehead atoms. The van der Waals surface area contributed by atoms with Crippen LogP contribution in [0, 0.1) is 0 Å². The molecule has 2 aromatic heterocycles. The number of rotatable bonds is 3. The van der Waals surface area contributed by atoms with Gasteiger partial charge in [-0.05, 0) is 0 Å². The second-order valence-electron chi connectivity index (χ2n) is 2.68. The van der Waals surface area contributed by atoms with Gasteiger partial charge in [-0.2, -0.15) is 0 Å². The second kappa shape index (κ2) is 3.68. The highest BCUT2D eigenvalue weighted by Gasteiger charge is 1.99. The molecule has 0 saturated carbocycles. The Morgan fingerprint density at radius 2 is 2.31 bits per heavy atom. The molecule has 0 amide bonds. The quantitative estimate of drug-likeness (QED) is 0.791. The number of aliphatic hydroxyl groups is 1. The predicted octanol–water partition coefficient (Wildman–Crippen LogP) is 0.880. The first-order chi connectivity index (χ1) is 6.38. The summed E-state index contributed by atoms with van der Waals surface area (Å²) in [6, 6.07) is 0. The molecule has 0 atom stereocenters. The molecule has 0 fully saturated rings. The number of hydrogen-bond donors (Lipinski definition) is 1. The smallest absolute Gasteiger partial charge is 0.0954 e. The Labute approximate surface area is 79.5 Å². The second-order valence-corrected chi connectivity index (χ2v) is 3.39. The Kier molecular flexibility index (Phi) is 2.37. The summed E-state index contributed by atoms with van der Waals surface area (Å²) >= 11 is 1.58. The Morgan fingerprint density at radius 1 is 1.38 bits per heavy atom. The topological polar surface area (TPSA) is 50.9 Å². The van der Waals surface area contributed by atoms with Crippen LogP contribution in [0.3, 0.4) is 0 Å². The summed E-state index contributed by atoms with van der Waals surface area (Å²) in [7, 11) is 0. The molecule has 2 heterocycles. The monoisotopic (exact) mass is 195 g/mol. The summed E-state index contributed by atoms with van der Waals surface area (Å²) < 4.78 is 1.90. The van der Waals surface area contributed by atoms with E-state index in [1.807, 2.05) is 16.1 Å². The lowest BCUT2D eigenvalue weighted by atomic mass is 10.5. The predicted molar refractivity (Wildman–Crippen MR) is 49.4 cm³/mol. The molecule has 0 aliphatic carbocycles. The van der Waals surface area contributed by atoms with Crippen molar-refractivity contribution in [3.63, 3.8) is 0 Å². The number of aromatic nitrogens is 3. The number of nitrogens with zero attached hydrogens (tertiary/aromatic N) is 3. The standard InChI is InChI=1S/C8H9N3OS/c12-3-7-1-11(5-9-7)2-8-4-13-6-10-8/h1,4-6,12H,2-3H2. The van der Waals surface area contributed by atoms with Crippen LogP contribution < -0.4 is 0 Å². The van der Waals surface area contributed by atoms with E-state index in [4.69, 9.17) is 5.11 Å². The molecule has 1 N–H and O–H groups in total. The molecular formula is C8H9N3OS. The summed E-state index contributed by atoms with van der Waals surface area (Å²) in [5, 5.41) is 10.8. The fourth-order valence-electron chi connectivity index (χ4n) is 1.08. The van der Waals surface area contributed by atoms with Crippen molar-refractivity contribution in [2.75, 3.05) is 0 Å². The van der Waals surface area contributed by atoms with Gasteiger partial charge in [0.25, 0.3) is 0 Å². The van der Waals surface area contributed by atoms with Crippen LogP contribution in [0.1, 0.15) is 11.4 Å². The van der Waals surface area contributed by atoms with Crippen molar-refractivity contribution in [2.45, 2.75) is 13.2 Å². The van der Waals surface area contributed by atoms with Gasteiger partial charge in [0.2, 0.25) is 0 Å². The van der Waals surface area contributed by atoms with E-state index >= 15 is 0 Å². The van der Waals surface area contributed by atoms with Crippen LogP contribution in [-0.4, -0.2) is 19.6 Å². The number of hydrogen-bond acceptors (Lipinski definition) is 4. The molecule has 0 aliphatic rings. The largest absolute Gasteiger partial charge is 0.390 e. The summed E-state index contributed by atoms with van der Waals surface area (Å²) in [6.45, 7) is 0.709. The zero-order chi connectivity index (χ0) is 9.10. The first kappa shape index (κ1) is 8.40. The number of thiazole rings is 1. The number of imidazole rings is 1. The van der Waals surface area contributed by atoms with E-state index in [0.29, 0.717) is 5.69 Å². The van der Waals surface area contributed by atoms with Crippen LogP contribution in [0.25, 0.3) is 0 Å². The normalized spacial score (nSPS) is 10.5. The number of aliphatic hydroxyl groups excluding tert-OH is 1. The first-order valence-electron chi connectivity index (χ1n) is 3.87. The molecule has 0 unspecified atom stereocenters. The van der Waals surface area contributed by atoms with Gasteiger partial charge in [0.15, 0.2) is 0 Å². The molecule has 68 valence electrons. The molecule has 4 nitrogen and oxygen atoms in total. The maximum absolute atomic E-state index is 8.79. The lowest BCUT2D eigenvalue weighted by molar-refractivity contribution is 0.277. The van der Waals surface area contributed by atoms with E-state index < -0.39 is 0 Å². The Bertz CT molecular complexity index is 368. The third-order valence-corrected chi connectivity index (χ3v) is 2.31. The van der Waals surface area contributed by atoms with E-state index in [-0.39, 0.29) is 6.61 Å². The van der Waals surface area contributed by atoms with Crippen LogP contribution in [0.5, 0.6) is 0 Å². The van der Waals surface area contributed by atoms with Crippen molar-refractivity contribution in [2.24, 2.45) is 0 Å². The van der Waals surface area contributed by atoms with Crippen molar-refractivity contribution >= 4 is 11.3 Å². The van der Waals surface area contributed by atoms with Gasteiger partial charge in [-0.15, -0.1) is 11.3 Å². The molecule has 2 rings (SSSR count). The molecule has 0 aliphatic heterocycles. The van der Waals surface area contributed by atoms with Gasteiger partial charge in [0.1, 0.15) is 0 Å². The lowest BCUT2D eigenvalue weighted by Gasteiger charge is -1.95. The Balaban J connectivity index is 2.10. The van der Waals surface area contributed by atoms with Crippen LogP contribution >= 0.6 is 11.3 Å². The fraction of sp³-hybridized carbons (Fsp3) is 0.250. The fourth-order valence-corrected chi connectivity index (χ4v) is 1.63. The van der Waals surface area contributed by atoms with Gasteiger partial charge < -0.3 is 9.67 Å². The molecule has 0 saturated heterocycles. The van der Waals surface area contributed by atoms with Crippen LogP contribution in [0.4, 0.5) is 0 Å². The first-order valence-corrected chi connectivity index (χ1v) is 4.81. The minimum absolute atomic E-state index is 0.00986. The minimum atomic E-state index is -0.00986. The van der Waals surface area contributed by atoms with Crippen molar-refractivity contribution in [1.82, 2.24) is 14.5 Å². The highest BCUT2D eigenvalue weighted by atomic mass is 32.1. The zero-order valence-corrected chi connectivity index (χ0v) is 7.74. The third kappa shape index (κ3) is 1.93. The highest BCUT2D eigenvalue weighted by molar-refractivity contribution is 7.07. The SMILES string of the molecule is OCc1cn(Cc2cscn2)cn1. The van der Waals surface area contributed by atoms with Gasteiger partial charge in [-0.1, -0.05) is 0 Å². The van der Waals surface area contributed by atoms with Gasteiger partial charge in [0, 0.05) is 11.6 Å². The van der Waals surface area contributed by atoms with Gasteiger partial charge in [-0.3, -0.25) is 0 Å². The van der Waals surface area contributed by atoms with E-state index in [0.717, 1.165) is 12.2 Å². The maximum Gasteiger partial charge on any atom is 0.0954 e. The molecule has 0 spiro atoms. The Hall–Kier alpha value is -1.20. The van der Waals surface area contributed by atoms with Gasteiger partial charge >= 0.3 is 0 Å². The lowest BCUT2D eigenvalue weighted by Crippen LogP contribution is -1.96. The van der Waals surface area contributed by atoms with Crippen molar-refractivity contribution in [3.05, 3.63) is 34.8 Å². The van der Waals surface area contributed by atoms with Crippen LogP contribution in [0.15, 0.2) is 23.4 Å². The molecule has 13 heavy (non-hydrogen) atoms. The summed E-state index contributed by atoms with van der Waals surface area (Å²) in [5.41, 5.74) is 3.52. The van der Waals surface area contributed by atoms with Crippen LogP contribution in [-0.2, 0) is 13.2 Å².